The van der Waals surface area contributed by atoms with E-state index in [1.807, 2.05) is 0 Å². The summed E-state index contributed by atoms with van der Waals surface area (Å²) in [6.45, 7) is 1.66. The van der Waals surface area contributed by atoms with Crippen LogP contribution in [0.3, 0.4) is 0 Å². The Bertz CT molecular complexity index is 504. The molecule has 0 bridgehead atoms. The van der Waals surface area contributed by atoms with Crippen LogP contribution in [0.5, 0.6) is 0 Å². The van der Waals surface area contributed by atoms with Gasteiger partial charge in [-0.3, -0.25) is 4.79 Å². The first-order valence-electron chi connectivity index (χ1n) is 5.80. The average Bonchev–Trinajstić information content (AvgIpc) is 2.75. The highest BCUT2D eigenvalue weighted by atomic mass is 32.2. The normalized spacial score (nSPS) is 23.6. The maximum Gasteiger partial charge on any atom is 0.419 e. The molecule has 0 radical (unpaired) electrons. The third-order valence-electron chi connectivity index (χ3n) is 3.25. The molecule has 19 heavy (non-hydrogen) atoms. The van der Waals surface area contributed by atoms with Crippen molar-refractivity contribution in [1.29, 1.82) is 0 Å². The first kappa shape index (κ1) is 14.4. The lowest BCUT2D eigenvalue weighted by atomic mass is 9.93. The molecule has 6 heteroatoms. The van der Waals surface area contributed by atoms with E-state index in [-0.39, 0.29) is 0 Å². The number of rotatable bonds is 2. The summed E-state index contributed by atoms with van der Waals surface area (Å²) in [5.74, 6) is -1.25. The number of halogens is 4. The van der Waals surface area contributed by atoms with Crippen LogP contribution in [-0.4, -0.2) is 16.3 Å². The number of hydrogen-bond acceptors (Lipinski definition) is 2. The predicted octanol–water partition coefficient (Wildman–Crippen LogP) is 4.31. The molecule has 0 spiro atoms. The topological polar surface area (TPSA) is 17.1 Å². The number of Topliss-reactive ketones (excluding diaryl/α,β-unsaturated/α-hetero) is 1. The molecule has 1 unspecified atom stereocenters. The Morgan fingerprint density at radius 2 is 2.05 bits per heavy atom. The molecule has 0 aromatic heterocycles. The van der Waals surface area contributed by atoms with Crippen LogP contribution in [0.25, 0.3) is 0 Å². The van der Waals surface area contributed by atoms with E-state index >= 15 is 0 Å². The minimum absolute atomic E-state index is 0.466. The zero-order chi connectivity index (χ0) is 14.3. The van der Waals surface area contributed by atoms with Crippen LogP contribution in [0.1, 0.15) is 35.7 Å². The van der Waals surface area contributed by atoms with Gasteiger partial charge >= 0.3 is 6.18 Å². The predicted molar refractivity (Wildman–Crippen MR) is 65.8 cm³/mol. The van der Waals surface area contributed by atoms with Gasteiger partial charge in [-0.2, -0.15) is 13.2 Å². The van der Waals surface area contributed by atoms with Gasteiger partial charge in [0.05, 0.1) is 15.9 Å². The highest BCUT2D eigenvalue weighted by Gasteiger charge is 2.41. The second kappa shape index (κ2) is 4.81. The Morgan fingerprint density at radius 1 is 1.37 bits per heavy atom. The van der Waals surface area contributed by atoms with Gasteiger partial charge in [0, 0.05) is 0 Å². The molecule has 1 aliphatic heterocycles. The Balaban J connectivity index is 2.44. The fourth-order valence-corrected chi connectivity index (χ4v) is 3.44. The Morgan fingerprint density at radius 3 is 2.58 bits per heavy atom. The molecule has 0 aliphatic carbocycles. The van der Waals surface area contributed by atoms with Crippen molar-refractivity contribution in [2.75, 3.05) is 5.75 Å². The zero-order valence-electron chi connectivity index (χ0n) is 10.2. The molecule has 1 aromatic carbocycles. The van der Waals surface area contributed by atoms with Gasteiger partial charge < -0.3 is 0 Å². The number of benzene rings is 1. The second-order valence-electron chi connectivity index (χ2n) is 4.68. The fourth-order valence-electron chi connectivity index (χ4n) is 2.17. The van der Waals surface area contributed by atoms with Gasteiger partial charge in [0.1, 0.15) is 5.82 Å². The van der Waals surface area contributed by atoms with E-state index < -0.39 is 33.7 Å². The van der Waals surface area contributed by atoms with Gasteiger partial charge in [-0.05, 0) is 37.7 Å². The van der Waals surface area contributed by atoms with Crippen LogP contribution in [0.2, 0.25) is 0 Å². The fraction of sp³-hybridized carbons (Fsp3) is 0.462. The average molecular weight is 292 g/mol. The number of alkyl halides is 3. The summed E-state index contributed by atoms with van der Waals surface area (Å²) < 4.78 is 50.9. The highest BCUT2D eigenvalue weighted by molar-refractivity contribution is 8.01. The Kier molecular flexibility index (Phi) is 3.64. The third kappa shape index (κ3) is 2.63. The van der Waals surface area contributed by atoms with E-state index in [1.54, 1.807) is 6.92 Å². The van der Waals surface area contributed by atoms with Crippen LogP contribution in [-0.2, 0) is 6.18 Å². The van der Waals surface area contributed by atoms with Crippen LogP contribution in [0.15, 0.2) is 18.2 Å². The van der Waals surface area contributed by atoms with E-state index in [1.165, 1.54) is 11.8 Å². The lowest BCUT2D eigenvalue weighted by molar-refractivity contribution is -0.140. The molecule has 1 nitrogen and oxygen atoms in total. The first-order chi connectivity index (χ1) is 8.76. The summed E-state index contributed by atoms with van der Waals surface area (Å²) >= 11 is 1.37. The quantitative estimate of drug-likeness (QED) is 0.596. The molecule has 0 saturated carbocycles. The molecule has 1 fully saturated rings. The van der Waals surface area contributed by atoms with Crippen LogP contribution >= 0.6 is 11.8 Å². The minimum Gasteiger partial charge on any atom is -0.293 e. The highest BCUT2D eigenvalue weighted by Crippen LogP contribution is 2.41. The number of ketones is 1. The Labute approximate surface area is 112 Å². The van der Waals surface area contributed by atoms with Crippen LogP contribution in [0.4, 0.5) is 17.6 Å². The lowest BCUT2D eigenvalue weighted by Crippen LogP contribution is -2.30. The van der Waals surface area contributed by atoms with Crippen molar-refractivity contribution in [2.24, 2.45) is 0 Å². The molecule has 1 aliphatic rings. The maximum atomic E-state index is 13.9. The molecule has 0 amide bonds. The minimum atomic E-state index is -4.79. The van der Waals surface area contributed by atoms with Crippen molar-refractivity contribution in [2.45, 2.75) is 30.7 Å². The molecule has 1 heterocycles. The molecular formula is C13H12F4OS. The summed E-state index contributed by atoms with van der Waals surface area (Å²) in [5.41, 5.74) is -1.85. The van der Waals surface area contributed by atoms with Crippen molar-refractivity contribution >= 4 is 17.5 Å². The molecule has 1 atom stereocenters. The molecular weight excluding hydrogens is 280 g/mol. The largest absolute Gasteiger partial charge is 0.419 e. The third-order valence-corrected chi connectivity index (χ3v) is 4.77. The van der Waals surface area contributed by atoms with Gasteiger partial charge in [0.25, 0.3) is 0 Å². The number of carbonyl (C=O) groups excluding carboxylic acids is 1. The van der Waals surface area contributed by atoms with E-state index in [9.17, 15) is 22.4 Å². The monoisotopic (exact) mass is 292 g/mol. The molecule has 0 N–H and O–H groups in total. The van der Waals surface area contributed by atoms with E-state index in [2.05, 4.69) is 0 Å². The summed E-state index contributed by atoms with van der Waals surface area (Å²) in [4.78, 5) is 12.2. The van der Waals surface area contributed by atoms with Crippen molar-refractivity contribution < 1.29 is 22.4 Å². The first-order valence-corrected chi connectivity index (χ1v) is 6.79. The van der Waals surface area contributed by atoms with E-state index in [4.69, 9.17) is 0 Å². The number of thioether (sulfide) groups is 1. The number of hydrogen-bond donors (Lipinski definition) is 0. The van der Waals surface area contributed by atoms with Gasteiger partial charge in [-0.25, -0.2) is 4.39 Å². The van der Waals surface area contributed by atoms with Crippen LogP contribution < -0.4 is 0 Å². The van der Waals surface area contributed by atoms with Gasteiger partial charge in [0.15, 0.2) is 5.78 Å². The molecule has 1 saturated heterocycles. The second-order valence-corrected chi connectivity index (χ2v) is 6.27. The van der Waals surface area contributed by atoms with Crippen molar-refractivity contribution in [1.82, 2.24) is 0 Å². The van der Waals surface area contributed by atoms with Crippen molar-refractivity contribution in [3.05, 3.63) is 35.1 Å². The van der Waals surface area contributed by atoms with E-state index in [0.717, 1.165) is 24.3 Å². The maximum absolute atomic E-state index is 13.9. The van der Waals surface area contributed by atoms with Gasteiger partial charge in [-0.15, -0.1) is 11.8 Å². The molecule has 104 valence electrons. The number of carbonyl (C=O) groups is 1. The van der Waals surface area contributed by atoms with Gasteiger partial charge in [-0.1, -0.05) is 6.07 Å². The lowest BCUT2D eigenvalue weighted by Gasteiger charge is -2.22. The zero-order valence-corrected chi connectivity index (χ0v) is 11.0. The standard InChI is InChI=1S/C13H12F4OS/c1-12(6-3-7-19-12)11(18)8-4-2-5-9(10(8)14)13(15,16)17/h2,4-5H,3,6-7H2,1H3. The smallest absolute Gasteiger partial charge is 0.293 e. The Hall–Kier alpha value is -1.04. The summed E-state index contributed by atoms with van der Waals surface area (Å²) in [7, 11) is 0. The van der Waals surface area contributed by atoms with Gasteiger partial charge in [0.2, 0.25) is 0 Å². The van der Waals surface area contributed by atoms with Crippen LogP contribution in [0, 0.1) is 5.82 Å². The molecule has 1 aromatic rings. The van der Waals surface area contributed by atoms with E-state index in [0.29, 0.717) is 12.5 Å². The molecule has 2 rings (SSSR count). The summed E-state index contributed by atoms with van der Waals surface area (Å²) in [6.07, 6.45) is -3.41. The summed E-state index contributed by atoms with van der Waals surface area (Å²) in [6, 6.07) is 2.84. The summed E-state index contributed by atoms with van der Waals surface area (Å²) in [5, 5.41) is 0. The van der Waals surface area contributed by atoms with Crippen molar-refractivity contribution in [3.63, 3.8) is 0 Å². The van der Waals surface area contributed by atoms with Crippen molar-refractivity contribution in [3.8, 4) is 0 Å². The SMILES string of the molecule is CC1(C(=O)c2cccc(C(F)(F)F)c2F)CCCS1.